The summed E-state index contributed by atoms with van der Waals surface area (Å²) in [6.07, 6.45) is 1.78. The van der Waals surface area contributed by atoms with E-state index in [0.29, 0.717) is 6.54 Å². The molecule has 4 nitrogen and oxygen atoms in total. The first kappa shape index (κ1) is 11.6. The largest absolute Gasteiger partial charge is 0.497 e. The molecule has 0 radical (unpaired) electrons. The molecule has 0 saturated carbocycles. The van der Waals surface area contributed by atoms with Crippen LogP contribution in [0.15, 0.2) is 36.9 Å². The van der Waals surface area contributed by atoms with Gasteiger partial charge in [-0.25, -0.2) is 0 Å². The smallest absolute Gasteiger partial charge is 0.206 e. The molecular weight excluding hydrogens is 234 g/mol. The monoisotopic (exact) mass is 247 g/mol. The summed E-state index contributed by atoms with van der Waals surface area (Å²) in [6, 6.07) is 7.77. The van der Waals surface area contributed by atoms with Gasteiger partial charge in [-0.15, -0.1) is 16.8 Å². The molecule has 88 valence electrons. The van der Waals surface area contributed by atoms with Gasteiger partial charge in [-0.2, -0.15) is 0 Å². The molecule has 0 amide bonds. The van der Waals surface area contributed by atoms with Crippen LogP contribution in [0.25, 0.3) is 10.6 Å². The summed E-state index contributed by atoms with van der Waals surface area (Å²) in [5.74, 6) is 0.818. The Bertz CT molecular complexity index is 510. The molecule has 0 fully saturated rings. The molecule has 2 rings (SSSR count). The van der Waals surface area contributed by atoms with E-state index in [1.54, 1.807) is 13.2 Å². The van der Waals surface area contributed by atoms with Crippen molar-refractivity contribution in [1.29, 1.82) is 0 Å². The van der Waals surface area contributed by atoms with Crippen molar-refractivity contribution >= 4 is 16.5 Å². The number of aromatic nitrogens is 2. The maximum absolute atomic E-state index is 5.18. The van der Waals surface area contributed by atoms with E-state index >= 15 is 0 Å². The third-order valence-corrected chi connectivity index (χ3v) is 3.07. The maximum Gasteiger partial charge on any atom is 0.206 e. The third-order valence-electron chi connectivity index (χ3n) is 2.14. The molecule has 17 heavy (non-hydrogen) atoms. The number of nitrogens with zero attached hydrogens (tertiary/aromatic N) is 2. The lowest BCUT2D eigenvalue weighted by Crippen LogP contribution is -1.96. The minimum absolute atomic E-state index is 0.687. The summed E-state index contributed by atoms with van der Waals surface area (Å²) in [6.45, 7) is 4.33. The Kier molecular flexibility index (Phi) is 3.72. The number of methoxy groups -OCH3 is 1. The van der Waals surface area contributed by atoms with Gasteiger partial charge in [0, 0.05) is 12.1 Å². The number of anilines is 1. The van der Waals surface area contributed by atoms with Gasteiger partial charge >= 0.3 is 0 Å². The van der Waals surface area contributed by atoms with Crippen LogP contribution >= 0.6 is 11.3 Å². The predicted octanol–water partition coefficient (Wildman–Crippen LogP) is 2.81. The molecule has 1 N–H and O–H groups in total. The molecule has 0 saturated heterocycles. The van der Waals surface area contributed by atoms with E-state index in [2.05, 4.69) is 22.1 Å². The summed E-state index contributed by atoms with van der Waals surface area (Å²) >= 11 is 1.51. The molecule has 0 aliphatic carbocycles. The van der Waals surface area contributed by atoms with Gasteiger partial charge in [-0.1, -0.05) is 29.5 Å². The fourth-order valence-corrected chi connectivity index (χ4v) is 2.07. The van der Waals surface area contributed by atoms with Crippen molar-refractivity contribution in [2.24, 2.45) is 0 Å². The zero-order valence-corrected chi connectivity index (χ0v) is 10.3. The van der Waals surface area contributed by atoms with Crippen molar-refractivity contribution in [2.45, 2.75) is 0 Å². The quantitative estimate of drug-likeness (QED) is 0.825. The van der Waals surface area contributed by atoms with Crippen molar-refractivity contribution < 1.29 is 4.74 Å². The number of nitrogens with one attached hydrogen (secondary N) is 1. The lowest BCUT2D eigenvalue weighted by Gasteiger charge is -2.00. The number of hydrogen-bond acceptors (Lipinski definition) is 5. The van der Waals surface area contributed by atoms with E-state index in [1.165, 1.54) is 11.3 Å². The highest BCUT2D eigenvalue weighted by atomic mass is 32.1. The average Bonchev–Trinajstić information content (AvgIpc) is 2.85. The van der Waals surface area contributed by atoms with Crippen LogP contribution in [0, 0.1) is 0 Å². The lowest BCUT2D eigenvalue weighted by molar-refractivity contribution is 0.415. The highest BCUT2D eigenvalue weighted by Crippen LogP contribution is 2.28. The normalized spacial score (nSPS) is 9.94. The standard InChI is InChI=1S/C12H13N3OS/c1-3-7-13-12-15-14-11(17-12)9-5-4-6-10(8-9)16-2/h3-6,8H,1,7H2,2H3,(H,13,15). The second-order valence-electron chi connectivity index (χ2n) is 3.31. The number of rotatable bonds is 5. The molecular formula is C12H13N3OS. The van der Waals surface area contributed by atoms with Gasteiger partial charge in [0.1, 0.15) is 10.8 Å². The van der Waals surface area contributed by atoms with Crippen molar-refractivity contribution in [2.75, 3.05) is 19.0 Å². The molecule has 0 bridgehead atoms. The van der Waals surface area contributed by atoms with E-state index in [4.69, 9.17) is 4.74 Å². The fourth-order valence-electron chi connectivity index (χ4n) is 1.33. The Hall–Kier alpha value is -1.88. The lowest BCUT2D eigenvalue weighted by atomic mass is 10.2. The van der Waals surface area contributed by atoms with E-state index in [-0.39, 0.29) is 0 Å². The van der Waals surface area contributed by atoms with Crippen LogP contribution in [0.3, 0.4) is 0 Å². The van der Waals surface area contributed by atoms with Gasteiger partial charge in [0.15, 0.2) is 0 Å². The third kappa shape index (κ3) is 2.82. The first-order valence-corrected chi connectivity index (χ1v) is 5.98. The van der Waals surface area contributed by atoms with Gasteiger partial charge < -0.3 is 10.1 Å². The first-order valence-electron chi connectivity index (χ1n) is 5.16. The summed E-state index contributed by atoms with van der Waals surface area (Å²) in [4.78, 5) is 0. The minimum Gasteiger partial charge on any atom is -0.497 e. The van der Waals surface area contributed by atoms with Gasteiger partial charge in [0.25, 0.3) is 0 Å². The van der Waals surface area contributed by atoms with Crippen molar-refractivity contribution in [1.82, 2.24) is 10.2 Å². The molecule has 5 heteroatoms. The second-order valence-corrected chi connectivity index (χ2v) is 4.29. The topological polar surface area (TPSA) is 47.0 Å². The molecule has 0 aliphatic heterocycles. The number of ether oxygens (including phenoxy) is 1. The van der Waals surface area contributed by atoms with Crippen molar-refractivity contribution in [3.05, 3.63) is 36.9 Å². The number of benzene rings is 1. The van der Waals surface area contributed by atoms with Crippen LogP contribution in [-0.4, -0.2) is 23.9 Å². The Labute approximate surface area is 104 Å². The van der Waals surface area contributed by atoms with Gasteiger partial charge in [0.05, 0.1) is 7.11 Å². The van der Waals surface area contributed by atoms with Crippen molar-refractivity contribution in [3.8, 4) is 16.3 Å². The molecule has 1 aromatic carbocycles. The van der Waals surface area contributed by atoms with Crippen LogP contribution in [0.5, 0.6) is 5.75 Å². The van der Waals surface area contributed by atoms with Crippen LogP contribution in [0.2, 0.25) is 0 Å². The van der Waals surface area contributed by atoms with Crippen LogP contribution in [-0.2, 0) is 0 Å². The predicted molar refractivity (Wildman–Crippen MR) is 70.6 cm³/mol. The molecule has 0 atom stereocenters. The van der Waals surface area contributed by atoms with Crippen LogP contribution in [0.4, 0.5) is 5.13 Å². The Morgan fingerprint density at radius 1 is 1.47 bits per heavy atom. The highest BCUT2D eigenvalue weighted by Gasteiger charge is 2.06. The van der Waals surface area contributed by atoms with Crippen LogP contribution in [0.1, 0.15) is 0 Å². The Balaban J connectivity index is 2.20. The zero-order valence-electron chi connectivity index (χ0n) is 9.51. The van der Waals surface area contributed by atoms with Gasteiger partial charge in [0.2, 0.25) is 5.13 Å². The Morgan fingerprint density at radius 3 is 3.12 bits per heavy atom. The fraction of sp³-hybridized carbons (Fsp3) is 0.167. The van der Waals surface area contributed by atoms with Gasteiger partial charge in [-0.05, 0) is 12.1 Å². The van der Waals surface area contributed by atoms with Crippen molar-refractivity contribution in [3.63, 3.8) is 0 Å². The molecule has 1 heterocycles. The SMILES string of the molecule is C=CCNc1nnc(-c2cccc(OC)c2)s1. The average molecular weight is 247 g/mol. The molecule has 2 aromatic rings. The van der Waals surface area contributed by atoms with E-state index in [1.807, 2.05) is 24.3 Å². The summed E-state index contributed by atoms with van der Waals surface area (Å²) in [5, 5.41) is 13.0. The van der Waals surface area contributed by atoms with Gasteiger partial charge in [-0.3, -0.25) is 0 Å². The summed E-state index contributed by atoms with van der Waals surface area (Å²) < 4.78 is 5.18. The molecule has 0 aliphatic rings. The maximum atomic E-state index is 5.18. The van der Waals surface area contributed by atoms with Crippen LogP contribution < -0.4 is 10.1 Å². The highest BCUT2D eigenvalue weighted by molar-refractivity contribution is 7.18. The summed E-state index contributed by atoms with van der Waals surface area (Å²) in [5.41, 5.74) is 1.01. The number of hydrogen-bond donors (Lipinski definition) is 1. The van der Waals surface area contributed by atoms with E-state index in [9.17, 15) is 0 Å². The minimum atomic E-state index is 0.687. The first-order chi connectivity index (χ1) is 8.33. The molecule has 0 spiro atoms. The van der Waals surface area contributed by atoms with E-state index in [0.717, 1.165) is 21.5 Å². The van der Waals surface area contributed by atoms with E-state index < -0.39 is 0 Å². The zero-order chi connectivity index (χ0) is 12.1. The summed E-state index contributed by atoms with van der Waals surface area (Å²) in [7, 11) is 1.65. The molecule has 1 aromatic heterocycles. The molecule has 0 unspecified atom stereocenters. The second kappa shape index (κ2) is 5.45. The Morgan fingerprint density at radius 2 is 2.35 bits per heavy atom.